The molecule has 1 saturated heterocycles. The van der Waals surface area contributed by atoms with E-state index in [9.17, 15) is 0 Å². The van der Waals surface area contributed by atoms with Crippen molar-refractivity contribution in [2.75, 3.05) is 65.4 Å². The van der Waals surface area contributed by atoms with Gasteiger partial charge in [-0.1, -0.05) is 69.2 Å². The van der Waals surface area contributed by atoms with Crippen LogP contribution >= 0.6 is 0 Å². The van der Waals surface area contributed by atoms with Gasteiger partial charge in [-0.15, -0.1) is 0 Å². The third-order valence-electron chi connectivity index (χ3n) is 8.58. The monoisotopic (exact) mass is 655 g/mol. The molecule has 0 aliphatic carbocycles. The Hall–Kier alpha value is 0.684. The van der Waals surface area contributed by atoms with E-state index in [2.05, 4.69) is 125 Å². The van der Waals surface area contributed by atoms with Gasteiger partial charge in [-0.05, 0) is 98.2 Å². The lowest BCUT2D eigenvalue weighted by Crippen LogP contribution is -2.80. The van der Waals surface area contributed by atoms with Crippen LogP contribution in [0.2, 0.25) is 32.7 Å². The number of hydrogen-bond donors (Lipinski definition) is 0. The van der Waals surface area contributed by atoms with Crippen LogP contribution in [0, 0.1) is 0 Å². The minimum absolute atomic E-state index is 0.844. The summed E-state index contributed by atoms with van der Waals surface area (Å²) in [7, 11) is -15.1. The summed E-state index contributed by atoms with van der Waals surface area (Å²) in [6.45, 7) is 41.6. The van der Waals surface area contributed by atoms with Crippen LogP contribution in [0.25, 0.3) is 0 Å². The first-order chi connectivity index (χ1) is 18.6. The van der Waals surface area contributed by atoms with E-state index in [1.54, 1.807) is 0 Å². The zero-order valence-electron chi connectivity index (χ0n) is 28.8. The summed E-state index contributed by atoms with van der Waals surface area (Å²) in [6, 6.07) is 0. The molecule has 240 valence electrons. The topological polar surface area (TPSA) is 62.3 Å². The summed E-state index contributed by atoms with van der Waals surface area (Å²) in [4.78, 5) is 0. The molecule has 0 amide bonds. The second-order valence-corrected chi connectivity index (χ2v) is 27.1. The first-order valence-corrected chi connectivity index (χ1v) is 27.2. The highest BCUT2D eigenvalue weighted by Crippen LogP contribution is 2.36. The third-order valence-corrected chi connectivity index (χ3v) is 32.6. The van der Waals surface area contributed by atoms with Crippen molar-refractivity contribution in [3.63, 3.8) is 0 Å². The predicted octanol–water partition coefficient (Wildman–Crippen LogP) is 4.64. The zero-order valence-corrected chi connectivity index (χ0v) is 33.8. The summed E-state index contributed by atoms with van der Waals surface area (Å²) < 4.78 is 49.5. The quantitative estimate of drug-likeness (QED) is 0.233. The molecule has 0 aromatic carbocycles. The Morgan fingerprint density at radius 3 is 0.450 bits per heavy atom. The summed E-state index contributed by atoms with van der Waals surface area (Å²) in [5.74, 6) is 0. The minimum atomic E-state index is -3.02. The molecule has 1 fully saturated rings. The number of nitrogens with zero attached hydrogens (tertiary/aromatic N) is 5. The van der Waals surface area contributed by atoms with Gasteiger partial charge >= 0.3 is 43.6 Å². The van der Waals surface area contributed by atoms with E-state index in [0.717, 1.165) is 65.4 Å². The van der Waals surface area contributed by atoms with Crippen molar-refractivity contribution in [3.8, 4) is 0 Å². The minimum Gasteiger partial charge on any atom is -0.391 e. The summed E-state index contributed by atoms with van der Waals surface area (Å²) in [5.41, 5.74) is 0. The second-order valence-electron chi connectivity index (χ2n) is 10.9. The molecule has 0 aromatic heterocycles. The third kappa shape index (κ3) is 8.44. The van der Waals surface area contributed by atoms with Crippen LogP contribution in [0.4, 0.5) is 0 Å². The molecule has 0 unspecified atom stereocenters. The molecule has 40 heavy (non-hydrogen) atoms. The molecule has 1 aliphatic rings. The molecule has 0 N–H and O–H groups in total. The Bertz CT molecular complexity index is 591. The zero-order chi connectivity index (χ0) is 31.0. The summed E-state index contributed by atoms with van der Waals surface area (Å²) >= 11 is 0. The van der Waals surface area contributed by atoms with Crippen LogP contribution in [-0.4, -0.2) is 132 Å². The van der Waals surface area contributed by atoms with E-state index < -0.39 is 43.6 Å². The van der Waals surface area contributed by atoms with E-state index in [-0.39, 0.29) is 0 Å². The van der Waals surface area contributed by atoms with Crippen molar-refractivity contribution >= 4 is 43.6 Å². The SMILES string of the molecule is CCN(CC)[Si]1(C)O[Si](C)(N(CC)CC)O[Si](C)(N(CC)CC)O[Si](C)(N(CC)CC)O[Si](C)(N(CC)CC)O1. The molecule has 0 bridgehead atoms. The highest BCUT2D eigenvalue weighted by molar-refractivity contribution is 6.91. The average Bonchev–Trinajstić information content (AvgIpc) is 2.85. The summed E-state index contributed by atoms with van der Waals surface area (Å²) in [5, 5.41) is 0. The van der Waals surface area contributed by atoms with Gasteiger partial charge in [0.15, 0.2) is 0 Å². The summed E-state index contributed by atoms with van der Waals surface area (Å²) in [6.07, 6.45) is 0. The molecule has 1 rings (SSSR count). The van der Waals surface area contributed by atoms with E-state index in [1.807, 2.05) is 0 Å². The lowest BCUT2D eigenvalue weighted by atomic mass is 10.7. The van der Waals surface area contributed by atoms with E-state index >= 15 is 0 Å². The van der Waals surface area contributed by atoms with Gasteiger partial charge in [-0.25, -0.2) is 0 Å². The largest absolute Gasteiger partial charge is 0.408 e. The van der Waals surface area contributed by atoms with Crippen LogP contribution in [0.3, 0.4) is 0 Å². The standard InChI is InChI=1S/C25H65N5O5Si5/c1-16-26(17-2)36(11)31-37(12,27(18-3)19-4)33-39(14,29(22-7)23-8)35-40(15,30(24-9)25-10)34-38(13,32-36)28(20-5)21-6/h16-25H2,1-15H3. The van der Waals surface area contributed by atoms with E-state index in [1.165, 1.54) is 0 Å². The molecule has 10 nitrogen and oxygen atoms in total. The molecule has 1 heterocycles. The second kappa shape index (κ2) is 16.1. The van der Waals surface area contributed by atoms with Gasteiger partial charge in [0.25, 0.3) is 0 Å². The molecule has 0 saturated carbocycles. The Kier molecular flexibility index (Phi) is 15.6. The predicted molar refractivity (Wildman–Crippen MR) is 178 cm³/mol. The maximum absolute atomic E-state index is 7.48. The fourth-order valence-corrected chi connectivity index (χ4v) is 34.2. The van der Waals surface area contributed by atoms with Crippen molar-refractivity contribution in [2.24, 2.45) is 0 Å². The fourth-order valence-electron chi connectivity index (χ4n) is 6.50. The Labute approximate surface area is 253 Å². The van der Waals surface area contributed by atoms with Crippen molar-refractivity contribution in [2.45, 2.75) is 102 Å². The molecule has 0 spiro atoms. The molecule has 1 aliphatic heterocycles. The highest BCUT2D eigenvalue weighted by atomic mass is 28.5. The van der Waals surface area contributed by atoms with Crippen LogP contribution in [0.15, 0.2) is 0 Å². The molecule has 0 radical (unpaired) electrons. The number of rotatable bonds is 15. The lowest BCUT2D eigenvalue weighted by Gasteiger charge is -2.56. The number of hydrogen-bond acceptors (Lipinski definition) is 10. The molecule has 0 aromatic rings. The van der Waals surface area contributed by atoms with Crippen LogP contribution in [0.5, 0.6) is 0 Å². The Morgan fingerprint density at radius 1 is 0.275 bits per heavy atom. The first-order valence-electron chi connectivity index (χ1n) is 15.9. The van der Waals surface area contributed by atoms with Gasteiger partial charge < -0.3 is 20.6 Å². The maximum Gasteiger partial charge on any atom is 0.408 e. The van der Waals surface area contributed by atoms with Crippen LogP contribution in [0.1, 0.15) is 69.2 Å². The van der Waals surface area contributed by atoms with E-state index in [4.69, 9.17) is 20.6 Å². The van der Waals surface area contributed by atoms with Crippen LogP contribution in [-0.2, 0) is 20.6 Å². The van der Waals surface area contributed by atoms with Gasteiger partial charge in [-0.3, -0.25) is 22.8 Å². The van der Waals surface area contributed by atoms with Gasteiger partial charge in [-0.2, -0.15) is 0 Å². The van der Waals surface area contributed by atoms with Crippen molar-refractivity contribution in [1.82, 2.24) is 22.8 Å². The average molecular weight is 656 g/mol. The van der Waals surface area contributed by atoms with Gasteiger partial charge in [0.2, 0.25) is 0 Å². The highest BCUT2D eigenvalue weighted by Gasteiger charge is 2.64. The van der Waals surface area contributed by atoms with Gasteiger partial charge in [0, 0.05) is 0 Å². The fraction of sp³-hybridized carbons (Fsp3) is 1.00. The van der Waals surface area contributed by atoms with Crippen molar-refractivity contribution in [3.05, 3.63) is 0 Å². The van der Waals surface area contributed by atoms with Crippen molar-refractivity contribution < 1.29 is 20.6 Å². The van der Waals surface area contributed by atoms with Gasteiger partial charge in [0.1, 0.15) is 0 Å². The smallest absolute Gasteiger partial charge is 0.391 e. The Balaban J connectivity index is 4.21. The first kappa shape index (κ1) is 38.7. The molecular weight excluding hydrogens is 591 g/mol. The van der Waals surface area contributed by atoms with E-state index in [0.29, 0.717) is 0 Å². The van der Waals surface area contributed by atoms with Crippen LogP contribution < -0.4 is 0 Å². The molecular formula is C25H65N5O5Si5. The van der Waals surface area contributed by atoms with Gasteiger partial charge in [0.05, 0.1) is 0 Å². The normalized spacial score (nSPS) is 34.5. The van der Waals surface area contributed by atoms with Crippen molar-refractivity contribution in [1.29, 1.82) is 0 Å². The maximum atomic E-state index is 7.48. The Morgan fingerprint density at radius 2 is 0.375 bits per heavy atom. The molecule has 0 atom stereocenters. The lowest BCUT2D eigenvalue weighted by molar-refractivity contribution is 0.107. The molecule has 15 heteroatoms.